The van der Waals surface area contributed by atoms with Crippen LogP contribution in [0.1, 0.15) is 19.3 Å². The molecule has 27 heavy (non-hydrogen) atoms. The van der Waals surface area contributed by atoms with E-state index in [-0.39, 0.29) is 24.8 Å². The average molecular weight is 373 g/mol. The van der Waals surface area contributed by atoms with Gasteiger partial charge in [-0.1, -0.05) is 0 Å². The monoisotopic (exact) mass is 373 g/mol. The smallest absolute Gasteiger partial charge is 0.329 e. The van der Waals surface area contributed by atoms with E-state index in [1.165, 1.54) is 11.0 Å². The van der Waals surface area contributed by atoms with E-state index in [9.17, 15) is 18.8 Å². The Morgan fingerprint density at radius 2 is 1.96 bits per heavy atom. The molecule has 142 valence electrons. The molecular weight excluding hydrogens is 353 g/mol. The molecule has 0 radical (unpaired) electrons. The standard InChI is InChI=1S/C18H20FN5O3/c1-22-14-9-15(23-5-2-11(10-25)3-6-23)13(19)8-12(14)17(21-22)24-7-4-16(26)20-18(24)27/h8-11H,2-7H2,1H3,(H,20,26,27). The number of carbonyl (C=O) groups is 3. The fraction of sp³-hybridized carbons (Fsp3) is 0.444. The van der Waals surface area contributed by atoms with Crippen molar-refractivity contribution in [1.29, 1.82) is 0 Å². The van der Waals surface area contributed by atoms with Gasteiger partial charge in [-0.3, -0.25) is 19.7 Å². The molecule has 8 nitrogen and oxygen atoms in total. The summed E-state index contributed by atoms with van der Waals surface area (Å²) in [6.45, 7) is 1.44. The van der Waals surface area contributed by atoms with Gasteiger partial charge >= 0.3 is 6.03 Å². The number of halogens is 1. The molecule has 2 aliphatic heterocycles. The van der Waals surface area contributed by atoms with Crippen molar-refractivity contribution in [2.75, 3.05) is 29.4 Å². The fourth-order valence-corrected chi connectivity index (χ4v) is 3.73. The first kappa shape index (κ1) is 17.4. The zero-order valence-corrected chi connectivity index (χ0v) is 14.9. The van der Waals surface area contributed by atoms with Gasteiger partial charge in [0, 0.05) is 44.4 Å². The van der Waals surface area contributed by atoms with Crippen LogP contribution in [0, 0.1) is 11.7 Å². The maximum Gasteiger partial charge on any atom is 0.329 e. The van der Waals surface area contributed by atoms with Gasteiger partial charge in [0.25, 0.3) is 0 Å². The minimum Gasteiger partial charge on any atom is -0.369 e. The summed E-state index contributed by atoms with van der Waals surface area (Å²) in [5, 5.41) is 7.16. The SMILES string of the molecule is Cn1nc(N2CCC(=O)NC2=O)c2cc(F)c(N3CCC(C=O)CC3)cc21. The van der Waals surface area contributed by atoms with E-state index in [1.54, 1.807) is 17.8 Å². The Balaban J connectivity index is 1.70. The predicted octanol–water partition coefficient (Wildman–Crippen LogP) is 1.57. The zero-order chi connectivity index (χ0) is 19.1. The van der Waals surface area contributed by atoms with Crippen LogP contribution in [0.2, 0.25) is 0 Å². The molecule has 2 aromatic rings. The van der Waals surface area contributed by atoms with Gasteiger partial charge in [0.2, 0.25) is 5.91 Å². The van der Waals surface area contributed by atoms with Crippen LogP contribution in [0.15, 0.2) is 12.1 Å². The second kappa shape index (κ2) is 6.64. The van der Waals surface area contributed by atoms with Crippen LogP contribution >= 0.6 is 0 Å². The maximum atomic E-state index is 14.9. The average Bonchev–Trinajstić information content (AvgIpc) is 2.97. The van der Waals surface area contributed by atoms with Gasteiger partial charge in [-0.2, -0.15) is 5.10 Å². The highest BCUT2D eigenvalue weighted by Gasteiger charge is 2.29. The summed E-state index contributed by atoms with van der Waals surface area (Å²) in [4.78, 5) is 37.7. The summed E-state index contributed by atoms with van der Waals surface area (Å²) in [6, 6.07) is 2.57. The Morgan fingerprint density at radius 3 is 2.63 bits per heavy atom. The number of benzene rings is 1. The second-order valence-corrected chi connectivity index (χ2v) is 6.98. The molecule has 1 aromatic carbocycles. The molecule has 4 rings (SSSR count). The lowest BCUT2D eigenvalue weighted by Crippen LogP contribution is -2.49. The number of aldehydes is 1. The van der Waals surface area contributed by atoms with Gasteiger partial charge in [0.1, 0.15) is 12.1 Å². The lowest BCUT2D eigenvalue weighted by atomic mass is 9.98. The summed E-state index contributed by atoms with van der Waals surface area (Å²) in [7, 11) is 1.74. The van der Waals surface area contributed by atoms with Gasteiger partial charge in [0.05, 0.1) is 11.2 Å². The van der Waals surface area contributed by atoms with Crippen LogP contribution in [0.5, 0.6) is 0 Å². The number of hydrogen-bond donors (Lipinski definition) is 1. The number of fused-ring (bicyclic) bond motifs is 1. The van der Waals surface area contributed by atoms with Gasteiger partial charge in [0.15, 0.2) is 5.82 Å². The molecular formula is C18H20FN5O3. The number of anilines is 2. The van der Waals surface area contributed by atoms with Crippen molar-refractivity contribution in [2.45, 2.75) is 19.3 Å². The van der Waals surface area contributed by atoms with Crippen molar-refractivity contribution in [2.24, 2.45) is 13.0 Å². The molecule has 0 unspecified atom stereocenters. The van der Waals surface area contributed by atoms with E-state index in [0.717, 1.165) is 6.29 Å². The number of carbonyl (C=O) groups excluding carboxylic acids is 3. The Morgan fingerprint density at radius 1 is 1.22 bits per heavy atom. The van der Waals surface area contributed by atoms with E-state index >= 15 is 0 Å². The molecule has 0 spiro atoms. The summed E-state index contributed by atoms with van der Waals surface area (Å²) in [6.07, 6.45) is 2.56. The lowest BCUT2D eigenvalue weighted by Gasteiger charge is -2.31. The second-order valence-electron chi connectivity index (χ2n) is 6.98. The largest absolute Gasteiger partial charge is 0.369 e. The number of amides is 3. The van der Waals surface area contributed by atoms with Crippen molar-refractivity contribution in [3.05, 3.63) is 17.9 Å². The van der Waals surface area contributed by atoms with Crippen molar-refractivity contribution in [3.63, 3.8) is 0 Å². The lowest BCUT2D eigenvalue weighted by molar-refractivity contribution is -0.120. The van der Waals surface area contributed by atoms with Crippen molar-refractivity contribution in [3.8, 4) is 0 Å². The number of imide groups is 1. The van der Waals surface area contributed by atoms with Crippen LogP contribution in [0.3, 0.4) is 0 Å². The van der Waals surface area contributed by atoms with Gasteiger partial charge in [-0.05, 0) is 25.0 Å². The minimum atomic E-state index is -0.549. The molecule has 2 fully saturated rings. The molecule has 3 heterocycles. The van der Waals surface area contributed by atoms with Crippen LogP contribution in [0.4, 0.5) is 20.7 Å². The molecule has 2 saturated heterocycles. The quantitative estimate of drug-likeness (QED) is 0.826. The normalized spacial score (nSPS) is 18.9. The first-order valence-electron chi connectivity index (χ1n) is 8.95. The third-order valence-corrected chi connectivity index (χ3v) is 5.28. The van der Waals surface area contributed by atoms with Crippen molar-refractivity contribution >= 4 is 40.6 Å². The highest BCUT2D eigenvalue weighted by molar-refractivity contribution is 6.09. The van der Waals surface area contributed by atoms with Crippen LogP contribution in [-0.4, -0.2) is 47.6 Å². The molecule has 0 atom stereocenters. The van der Waals surface area contributed by atoms with Gasteiger partial charge in [-0.15, -0.1) is 0 Å². The first-order valence-corrected chi connectivity index (χ1v) is 8.95. The Bertz CT molecular complexity index is 933. The molecule has 0 saturated carbocycles. The summed E-state index contributed by atoms with van der Waals surface area (Å²) in [5.74, 6) is -0.349. The third-order valence-electron chi connectivity index (χ3n) is 5.28. The number of nitrogens with zero attached hydrogens (tertiary/aromatic N) is 4. The topological polar surface area (TPSA) is 87.5 Å². The number of rotatable bonds is 3. The maximum absolute atomic E-state index is 14.9. The Labute approximate surface area is 154 Å². The number of urea groups is 1. The number of aryl methyl sites for hydroxylation is 1. The zero-order valence-electron chi connectivity index (χ0n) is 14.9. The van der Waals surface area contributed by atoms with Crippen molar-refractivity contribution < 1.29 is 18.8 Å². The summed E-state index contributed by atoms with van der Waals surface area (Å²) < 4.78 is 16.5. The number of aromatic nitrogens is 2. The van der Waals surface area contributed by atoms with Crippen LogP contribution in [-0.2, 0) is 16.6 Å². The van der Waals surface area contributed by atoms with E-state index < -0.39 is 11.8 Å². The van der Waals surface area contributed by atoms with E-state index in [0.29, 0.717) is 48.3 Å². The van der Waals surface area contributed by atoms with Crippen molar-refractivity contribution in [1.82, 2.24) is 15.1 Å². The van der Waals surface area contributed by atoms with E-state index in [2.05, 4.69) is 10.4 Å². The first-order chi connectivity index (χ1) is 13.0. The molecule has 0 aliphatic carbocycles. The summed E-state index contributed by atoms with van der Waals surface area (Å²) >= 11 is 0. The molecule has 2 aliphatic rings. The number of hydrogen-bond acceptors (Lipinski definition) is 5. The summed E-state index contributed by atoms with van der Waals surface area (Å²) in [5.41, 5.74) is 1.17. The number of nitrogens with one attached hydrogen (secondary N) is 1. The molecule has 9 heteroatoms. The van der Waals surface area contributed by atoms with Crippen LogP contribution < -0.4 is 15.1 Å². The minimum absolute atomic E-state index is 0.0386. The molecule has 1 N–H and O–H groups in total. The Kier molecular flexibility index (Phi) is 4.29. The third kappa shape index (κ3) is 3.02. The highest BCUT2D eigenvalue weighted by atomic mass is 19.1. The fourth-order valence-electron chi connectivity index (χ4n) is 3.73. The highest BCUT2D eigenvalue weighted by Crippen LogP contribution is 2.33. The molecule has 3 amide bonds. The van der Waals surface area contributed by atoms with E-state index in [4.69, 9.17) is 0 Å². The van der Waals surface area contributed by atoms with Crippen LogP contribution in [0.25, 0.3) is 10.9 Å². The number of piperidine rings is 1. The van der Waals surface area contributed by atoms with Gasteiger partial charge in [-0.25, -0.2) is 9.18 Å². The predicted molar refractivity (Wildman–Crippen MR) is 97.2 cm³/mol. The van der Waals surface area contributed by atoms with Gasteiger partial charge < -0.3 is 9.69 Å². The van der Waals surface area contributed by atoms with E-state index in [1.807, 2.05) is 4.90 Å². The Hall–Kier alpha value is -2.97. The molecule has 0 bridgehead atoms. The molecule has 1 aromatic heterocycles.